The second kappa shape index (κ2) is 3.78. The molecule has 3 nitrogen and oxygen atoms in total. The second-order valence-electron chi connectivity index (χ2n) is 5.28. The van der Waals surface area contributed by atoms with Gasteiger partial charge in [0, 0.05) is 6.54 Å². The summed E-state index contributed by atoms with van der Waals surface area (Å²) in [5.41, 5.74) is 0.477. The number of hydrogen-bond donors (Lipinski definition) is 1. The number of hydrogen-bond acceptors (Lipinski definition) is 2. The fraction of sp³-hybridized carbons (Fsp3) is 0.917. The van der Waals surface area contributed by atoms with Gasteiger partial charge in [-0.15, -0.1) is 0 Å². The molecule has 86 valence electrons. The summed E-state index contributed by atoms with van der Waals surface area (Å²) < 4.78 is 0. The highest BCUT2D eigenvalue weighted by Gasteiger charge is 2.46. The first kappa shape index (κ1) is 10.9. The Morgan fingerprint density at radius 2 is 2.13 bits per heavy atom. The number of carbonyl (C=O) groups excluding carboxylic acids is 1. The Labute approximate surface area is 92.2 Å². The van der Waals surface area contributed by atoms with Gasteiger partial charge in [-0.2, -0.15) is 0 Å². The van der Waals surface area contributed by atoms with E-state index in [1.165, 1.54) is 25.7 Å². The van der Waals surface area contributed by atoms with Crippen LogP contribution >= 0.6 is 0 Å². The van der Waals surface area contributed by atoms with E-state index in [0.717, 1.165) is 6.54 Å². The van der Waals surface area contributed by atoms with Crippen molar-refractivity contribution in [3.8, 4) is 0 Å². The molecule has 1 saturated carbocycles. The molecule has 0 radical (unpaired) electrons. The van der Waals surface area contributed by atoms with Crippen molar-refractivity contribution in [3.63, 3.8) is 0 Å². The Hall–Kier alpha value is -0.570. The van der Waals surface area contributed by atoms with E-state index >= 15 is 0 Å². The van der Waals surface area contributed by atoms with E-state index < -0.39 is 0 Å². The maximum Gasteiger partial charge on any atom is 0.240 e. The maximum absolute atomic E-state index is 11.9. The highest BCUT2D eigenvalue weighted by molar-refractivity contribution is 5.83. The molecule has 15 heavy (non-hydrogen) atoms. The average Bonchev–Trinajstić information content (AvgIpc) is 2.89. The van der Waals surface area contributed by atoms with Gasteiger partial charge >= 0.3 is 0 Å². The van der Waals surface area contributed by atoms with Crippen molar-refractivity contribution in [2.45, 2.75) is 58.7 Å². The van der Waals surface area contributed by atoms with Gasteiger partial charge in [0.1, 0.15) is 0 Å². The van der Waals surface area contributed by atoms with Gasteiger partial charge in [-0.05, 0) is 38.5 Å². The molecule has 2 fully saturated rings. The summed E-state index contributed by atoms with van der Waals surface area (Å²) in [7, 11) is 0. The lowest BCUT2D eigenvalue weighted by molar-refractivity contribution is -0.130. The SMILES string of the molecule is CCCC1(CN2C(=O)C(C)NC2C)CC1. The molecular formula is C12H22N2O. The lowest BCUT2D eigenvalue weighted by Crippen LogP contribution is -2.39. The van der Waals surface area contributed by atoms with Gasteiger partial charge < -0.3 is 4.90 Å². The highest BCUT2D eigenvalue weighted by Crippen LogP contribution is 2.50. The van der Waals surface area contributed by atoms with Gasteiger partial charge in [0.05, 0.1) is 12.2 Å². The highest BCUT2D eigenvalue weighted by atomic mass is 16.2. The molecule has 1 N–H and O–H groups in total. The molecule has 2 unspecified atom stereocenters. The second-order valence-corrected chi connectivity index (χ2v) is 5.28. The molecule has 0 aromatic heterocycles. The minimum absolute atomic E-state index is 0.0115. The van der Waals surface area contributed by atoms with E-state index in [1.807, 2.05) is 11.8 Å². The van der Waals surface area contributed by atoms with Crippen LogP contribution in [0.25, 0.3) is 0 Å². The van der Waals surface area contributed by atoms with Gasteiger partial charge in [0.2, 0.25) is 5.91 Å². The Morgan fingerprint density at radius 1 is 1.47 bits per heavy atom. The van der Waals surface area contributed by atoms with E-state index in [1.54, 1.807) is 0 Å². The molecule has 2 aliphatic rings. The van der Waals surface area contributed by atoms with Crippen molar-refractivity contribution < 1.29 is 4.79 Å². The summed E-state index contributed by atoms with van der Waals surface area (Å²) in [6.07, 6.45) is 5.36. The van der Waals surface area contributed by atoms with E-state index in [-0.39, 0.29) is 18.1 Å². The first-order valence-electron chi connectivity index (χ1n) is 6.14. The van der Waals surface area contributed by atoms with Crippen LogP contribution in [0.4, 0.5) is 0 Å². The van der Waals surface area contributed by atoms with Gasteiger partial charge in [-0.1, -0.05) is 13.3 Å². The van der Waals surface area contributed by atoms with Crippen LogP contribution < -0.4 is 5.32 Å². The number of nitrogens with one attached hydrogen (secondary N) is 1. The molecule has 2 rings (SSSR count). The van der Waals surface area contributed by atoms with Crippen LogP contribution in [-0.4, -0.2) is 29.6 Å². The van der Waals surface area contributed by atoms with Crippen LogP contribution in [0.1, 0.15) is 46.5 Å². The summed E-state index contributed by atoms with van der Waals surface area (Å²) in [6, 6.07) is 0.0115. The zero-order valence-electron chi connectivity index (χ0n) is 10.0. The van der Waals surface area contributed by atoms with Crippen LogP contribution in [-0.2, 0) is 4.79 Å². The number of amides is 1. The molecule has 0 bridgehead atoms. The van der Waals surface area contributed by atoms with Crippen molar-refractivity contribution in [1.29, 1.82) is 0 Å². The monoisotopic (exact) mass is 210 g/mol. The van der Waals surface area contributed by atoms with Gasteiger partial charge in [0.25, 0.3) is 0 Å². The van der Waals surface area contributed by atoms with Crippen LogP contribution in [0.2, 0.25) is 0 Å². The first-order valence-corrected chi connectivity index (χ1v) is 6.14. The zero-order chi connectivity index (χ0) is 11.1. The molecule has 0 spiro atoms. The fourth-order valence-electron chi connectivity index (χ4n) is 2.73. The molecule has 1 aliphatic heterocycles. The predicted octanol–water partition coefficient (Wildman–Crippen LogP) is 1.73. The fourth-order valence-corrected chi connectivity index (χ4v) is 2.73. The molecule has 0 aromatic carbocycles. The summed E-state index contributed by atoms with van der Waals surface area (Å²) in [5.74, 6) is 0.282. The third-order valence-corrected chi connectivity index (χ3v) is 3.86. The van der Waals surface area contributed by atoms with Crippen molar-refractivity contribution in [1.82, 2.24) is 10.2 Å². The zero-order valence-corrected chi connectivity index (χ0v) is 10.0. The third kappa shape index (κ3) is 2.03. The van der Waals surface area contributed by atoms with Crippen molar-refractivity contribution in [3.05, 3.63) is 0 Å². The topological polar surface area (TPSA) is 32.3 Å². The Morgan fingerprint density at radius 3 is 2.53 bits per heavy atom. The standard InChI is InChI=1S/C12H22N2O/c1-4-5-12(6-7-12)8-14-10(3)13-9(2)11(14)15/h9-10,13H,4-8H2,1-3H3. The molecule has 3 heteroatoms. The Balaban J connectivity index is 1.97. The maximum atomic E-state index is 11.9. The summed E-state index contributed by atoms with van der Waals surface area (Å²) in [4.78, 5) is 13.9. The Bertz CT molecular complexity index is 260. The lowest BCUT2D eigenvalue weighted by Gasteiger charge is -2.26. The van der Waals surface area contributed by atoms with Crippen LogP contribution in [0.3, 0.4) is 0 Å². The summed E-state index contributed by atoms with van der Waals surface area (Å²) in [5, 5.41) is 3.29. The molecule has 0 aromatic rings. The largest absolute Gasteiger partial charge is 0.326 e. The number of carbonyl (C=O) groups is 1. The average molecular weight is 210 g/mol. The van der Waals surface area contributed by atoms with E-state index in [0.29, 0.717) is 5.41 Å². The minimum Gasteiger partial charge on any atom is -0.326 e. The summed E-state index contributed by atoms with van der Waals surface area (Å²) >= 11 is 0. The molecule has 1 heterocycles. The smallest absolute Gasteiger partial charge is 0.240 e. The van der Waals surface area contributed by atoms with Crippen LogP contribution in [0, 0.1) is 5.41 Å². The quantitative estimate of drug-likeness (QED) is 0.766. The lowest BCUT2D eigenvalue weighted by atomic mass is 10.00. The first-order chi connectivity index (χ1) is 7.08. The van der Waals surface area contributed by atoms with E-state index in [4.69, 9.17) is 0 Å². The number of rotatable bonds is 4. The minimum atomic E-state index is 0.0115. The molecule has 1 saturated heterocycles. The normalized spacial score (nSPS) is 33.5. The summed E-state index contributed by atoms with van der Waals surface area (Å²) in [6.45, 7) is 7.25. The van der Waals surface area contributed by atoms with E-state index in [2.05, 4.69) is 19.2 Å². The van der Waals surface area contributed by atoms with Gasteiger partial charge in [0.15, 0.2) is 0 Å². The van der Waals surface area contributed by atoms with Gasteiger partial charge in [-0.3, -0.25) is 10.1 Å². The van der Waals surface area contributed by atoms with Crippen LogP contribution in [0.15, 0.2) is 0 Å². The van der Waals surface area contributed by atoms with Crippen molar-refractivity contribution >= 4 is 5.91 Å². The number of nitrogens with zero attached hydrogens (tertiary/aromatic N) is 1. The third-order valence-electron chi connectivity index (χ3n) is 3.86. The van der Waals surface area contributed by atoms with Crippen molar-refractivity contribution in [2.75, 3.05) is 6.54 Å². The predicted molar refractivity (Wildman–Crippen MR) is 60.3 cm³/mol. The molecular weight excluding hydrogens is 188 g/mol. The van der Waals surface area contributed by atoms with Crippen LogP contribution in [0.5, 0.6) is 0 Å². The molecule has 2 atom stereocenters. The Kier molecular flexibility index (Phi) is 2.75. The molecule has 1 aliphatic carbocycles. The molecule has 1 amide bonds. The van der Waals surface area contributed by atoms with Gasteiger partial charge in [-0.25, -0.2) is 0 Å². The van der Waals surface area contributed by atoms with E-state index in [9.17, 15) is 4.79 Å². The van der Waals surface area contributed by atoms with Crippen molar-refractivity contribution in [2.24, 2.45) is 5.41 Å².